The third-order valence-electron chi connectivity index (χ3n) is 5.62. The maximum Gasteiger partial charge on any atom is 0.0189 e. The summed E-state index contributed by atoms with van der Waals surface area (Å²) >= 11 is 0. The minimum absolute atomic E-state index is 0.654. The van der Waals surface area contributed by atoms with Gasteiger partial charge in [-0.3, -0.25) is 0 Å². The molecule has 0 aromatic rings. The fourth-order valence-corrected chi connectivity index (χ4v) is 3.58. The molecule has 0 aromatic carbocycles. The average molecular weight is 355 g/mol. The largest absolute Gasteiger partial charge is 0.318 e. The van der Waals surface area contributed by atoms with Gasteiger partial charge in [0, 0.05) is 12.6 Å². The highest BCUT2D eigenvalue weighted by atomic mass is 15.1. The number of likely N-dealkylation sites (N-methyl/N-ethyl adjacent to an activating group) is 2. The molecule has 0 aromatic heterocycles. The first-order valence-electron chi connectivity index (χ1n) is 11.6. The lowest BCUT2D eigenvalue weighted by Crippen LogP contribution is -2.37. The van der Waals surface area contributed by atoms with E-state index in [0.29, 0.717) is 6.04 Å². The lowest BCUT2D eigenvalue weighted by molar-refractivity contribution is 0.248. The fraction of sp³-hybridized carbons (Fsp3) is 1.00. The third kappa shape index (κ3) is 18.5. The van der Waals surface area contributed by atoms with Crippen molar-refractivity contribution in [3.05, 3.63) is 0 Å². The van der Waals surface area contributed by atoms with E-state index in [1.54, 1.807) is 0 Å². The molecule has 0 fully saturated rings. The van der Waals surface area contributed by atoms with Gasteiger partial charge in [0.2, 0.25) is 0 Å². The lowest BCUT2D eigenvalue weighted by Gasteiger charge is -2.24. The van der Waals surface area contributed by atoms with E-state index in [4.69, 9.17) is 0 Å². The average Bonchev–Trinajstić information content (AvgIpc) is 2.61. The van der Waals surface area contributed by atoms with Crippen molar-refractivity contribution < 1.29 is 0 Å². The van der Waals surface area contributed by atoms with E-state index >= 15 is 0 Å². The Kier molecular flexibility index (Phi) is 20.2. The molecule has 0 heterocycles. The van der Waals surface area contributed by atoms with E-state index in [2.05, 4.69) is 31.1 Å². The molecule has 0 saturated heterocycles. The van der Waals surface area contributed by atoms with Gasteiger partial charge < -0.3 is 10.2 Å². The summed E-state index contributed by atoms with van der Waals surface area (Å²) in [5.74, 6) is 0. The van der Waals surface area contributed by atoms with Gasteiger partial charge in [0.25, 0.3) is 0 Å². The summed E-state index contributed by atoms with van der Waals surface area (Å²) in [5, 5.41) is 3.26. The summed E-state index contributed by atoms with van der Waals surface area (Å²) in [5.41, 5.74) is 0. The maximum atomic E-state index is 3.26. The van der Waals surface area contributed by atoms with Crippen LogP contribution in [0.3, 0.4) is 0 Å². The smallest absolute Gasteiger partial charge is 0.0189 e. The molecule has 0 amide bonds. The first kappa shape index (κ1) is 24.9. The quantitative estimate of drug-likeness (QED) is 0.242. The number of unbranched alkanes of at least 4 members (excludes halogenated alkanes) is 15. The van der Waals surface area contributed by atoms with Gasteiger partial charge in [-0.2, -0.15) is 0 Å². The van der Waals surface area contributed by atoms with E-state index in [1.165, 1.54) is 109 Å². The molecule has 0 rings (SSSR count). The summed E-state index contributed by atoms with van der Waals surface area (Å²) in [7, 11) is 4.30. The van der Waals surface area contributed by atoms with Crippen LogP contribution in [0.4, 0.5) is 0 Å². The van der Waals surface area contributed by atoms with E-state index in [9.17, 15) is 0 Å². The molecule has 25 heavy (non-hydrogen) atoms. The van der Waals surface area contributed by atoms with Gasteiger partial charge in [-0.1, -0.05) is 103 Å². The Morgan fingerprint density at radius 2 is 1.00 bits per heavy atom. The molecule has 0 aliphatic carbocycles. The number of nitrogens with zero attached hydrogens (tertiary/aromatic N) is 1. The van der Waals surface area contributed by atoms with Crippen LogP contribution in [0.5, 0.6) is 0 Å². The Balaban J connectivity index is 3.12. The Bertz CT molecular complexity index is 242. The zero-order chi connectivity index (χ0) is 18.6. The zero-order valence-corrected chi connectivity index (χ0v) is 18.3. The molecule has 0 spiro atoms. The first-order valence-corrected chi connectivity index (χ1v) is 11.6. The Morgan fingerprint density at radius 3 is 1.36 bits per heavy atom. The Hall–Kier alpha value is -0.0800. The van der Waals surface area contributed by atoms with Gasteiger partial charge in [0.05, 0.1) is 0 Å². The second kappa shape index (κ2) is 20.2. The standard InChI is InChI=1S/C23H50N2/c1-5-6-7-8-9-10-11-12-13-14-15-16-17-18-19-20-21-25(4)23(2)22-24-3/h23-24H,5-22H2,1-4H3. The van der Waals surface area contributed by atoms with Crippen molar-refractivity contribution in [3.63, 3.8) is 0 Å². The summed E-state index contributed by atoms with van der Waals surface area (Å²) < 4.78 is 0. The van der Waals surface area contributed by atoms with E-state index in [0.717, 1.165) is 6.54 Å². The number of hydrogen-bond donors (Lipinski definition) is 1. The summed E-state index contributed by atoms with van der Waals surface area (Å²) in [4.78, 5) is 2.49. The molecular formula is C23H50N2. The minimum Gasteiger partial charge on any atom is -0.318 e. The molecule has 0 saturated carbocycles. The molecule has 1 unspecified atom stereocenters. The molecule has 0 bridgehead atoms. The molecule has 0 aliphatic rings. The molecule has 1 N–H and O–H groups in total. The van der Waals surface area contributed by atoms with Crippen molar-refractivity contribution in [2.75, 3.05) is 27.2 Å². The normalized spacial score (nSPS) is 12.8. The van der Waals surface area contributed by atoms with Crippen LogP contribution in [0.15, 0.2) is 0 Å². The number of hydrogen-bond acceptors (Lipinski definition) is 2. The highest BCUT2D eigenvalue weighted by molar-refractivity contribution is 4.64. The topological polar surface area (TPSA) is 15.3 Å². The van der Waals surface area contributed by atoms with Crippen molar-refractivity contribution in [1.82, 2.24) is 10.2 Å². The SMILES string of the molecule is CCCCCCCCCCCCCCCCCCN(C)C(C)CNC. The lowest BCUT2D eigenvalue weighted by atomic mass is 10.0. The van der Waals surface area contributed by atoms with Crippen LogP contribution in [-0.4, -0.2) is 38.1 Å². The molecule has 152 valence electrons. The molecule has 2 heteroatoms. The maximum absolute atomic E-state index is 3.26. The monoisotopic (exact) mass is 354 g/mol. The van der Waals surface area contributed by atoms with E-state index < -0.39 is 0 Å². The van der Waals surface area contributed by atoms with Crippen molar-refractivity contribution >= 4 is 0 Å². The minimum atomic E-state index is 0.654. The van der Waals surface area contributed by atoms with Gasteiger partial charge in [-0.15, -0.1) is 0 Å². The van der Waals surface area contributed by atoms with Gasteiger partial charge in [-0.05, 0) is 34.0 Å². The highest BCUT2D eigenvalue weighted by Gasteiger charge is 2.06. The van der Waals surface area contributed by atoms with Crippen LogP contribution in [0.25, 0.3) is 0 Å². The highest BCUT2D eigenvalue weighted by Crippen LogP contribution is 2.13. The predicted octanol–water partition coefficient (Wildman–Crippen LogP) is 6.79. The van der Waals surface area contributed by atoms with Crippen LogP contribution < -0.4 is 5.32 Å². The summed E-state index contributed by atoms with van der Waals surface area (Å²) in [6, 6.07) is 0.654. The molecule has 2 nitrogen and oxygen atoms in total. The van der Waals surface area contributed by atoms with Crippen LogP contribution >= 0.6 is 0 Å². The molecular weight excluding hydrogens is 304 g/mol. The number of nitrogens with one attached hydrogen (secondary N) is 1. The zero-order valence-electron chi connectivity index (χ0n) is 18.3. The van der Waals surface area contributed by atoms with Gasteiger partial charge in [0.15, 0.2) is 0 Å². The molecule has 1 atom stereocenters. The predicted molar refractivity (Wildman–Crippen MR) is 116 cm³/mol. The van der Waals surface area contributed by atoms with Crippen molar-refractivity contribution in [3.8, 4) is 0 Å². The van der Waals surface area contributed by atoms with E-state index in [-0.39, 0.29) is 0 Å². The van der Waals surface area contributed by atoms with E-state index in [1.807, 2.05) is 7.05 Å². The van der Waals surface area contributed by atoms with Crippen molar-refractivity contribution in [2.24, 2.45) is 0 Å². The van der Waals surface area contributed by atoms with Crippen LogP contribution in [0.1, 0.15) is 117 Å². The van der Waals surface area contributed by atoms with Crippen molar-refractivity contribution in [2.45, 2.75) is 123 Å². The van der Waals surface area contributed by atoms with Gasteiger partial charge in [-0.25, -0.2) is 0 Å². The fourth-order valence-electron chi connectivity index (χ4n) is 3.58. The third-order valence-corrected chi connectivity index (χ3v) is 5.62. The number of rotatable bonds is 20. The van der Waals surface area contributed by atoms with Gasteiger partial charge >= 0.3 is 0 Å². The second-order valence-electron chi connectivity index (χ2n) is 8.19. The van der Waals surface area contributed by atoms with Crippen LogP contribution in [0, 0.1) is 0 Å². The molecule has 0 radical (unpaired) electrons. The molecule has 0 aliphatic heterocycles. The first-order chi connectivity index (χ1) is 12.2. The second-order valence-corrected chi connectivity index (χ2v) is 8.19. The Labute approximate surface area is 160 Å². The van der Waals surface area contributed by atoms with Crippen LogP contribution in [-0.2, 0) is 0 Å². The van der Waals surface area contributed by atoms with Crippen molar-refractivity contribution in [1.29, 1.82) is 0 Å². The summed E-state index contributed by atoms with van der Waals surface area (Å²) in [6.45, 7) is 6.95. The van der Waals surface area contributed by atoms with Gasteiger partial charge in [0.1, 0.15) is 0 Å². The summed E-state index contributed by atoms with van der Waals surface area (Å²) in [6.07, 6.45) is 23.2. The van der Waals surface area contributed by atoms with Crippen LogP contribution in [0.2, 0.25) is 0 Å². The Morgan fingerprint density at radius 1 is 0.640 bits per heavy atom.